The molecule has 1 aliphatic rings. The normalized spacial score (nSPS) is 24.2. The monoisotopic (exact) mass is 170 g/mol. The molecule has 0 aromatic rings. The highest BCUT2D eigenvalue weighted by Crippen LogP contribution is 2.05. The molecular weight excluding hydrogens is 160 g/mol. The van der Waals surface area contributed by atoms with E-state index in [2.05, 4.69) is 10.6 Å². The summed E-state index contributed by atoms with van der Waals surface area (Å²) in [5, 5.41) is 4.53. The topological polar surface area (TPSA) is 75.3 Å². The molecule has 2 N–H and O–H groups in total. The fraction of sp³-hybridized carbons (Fsp3) is 0.571. The van der Waals surface area contributed by atoms with Crippen molar-refractivity contribution in [1.29, 1.82) is 0 Å². The Morgan fingerprint density at radius 3 is 2.92 bits per heavy atom. The second kappa shape index (κ2) is 3.85. The van der Waals surface area contributed by atoms with Gasteiger partial charge in [0.15, 0.2) is 0 Å². The van der Waals surface area contributed by atoms with Gasteiger partial charge in [0, 0.05) is 6.42 Å². The van der Waals surface area contributed by atoms with Gasteiger partial charge in [0.2, 0.25) is 18.2 Å². The third-order valence-corrected chi connectivity index (χ3v) is 1.74. The Morgan fingerprint density at radius 1 is 1.50 bits per heavy atom. The lowest BCUT2D eigenvalue weighted by molar-refractivity contribution is -0.131. The molecule has 66 valence electrons. The summed E-state index contributed by atoms with van der Waals surface area (Å²) in [6.45, 7) is 0. The molecule has 0 saturated carbocycles. The Balaban J connectivity index is 2.57. The highest BCUT2D eigenvalue weighted by molar-refractivity contribution is 5.99. The van der Waals surface area contributed by atoms with Crippen molar-refractivity contribution in [2.45, 2.75) is 25.3 Å². The molecule has 0 radical (unpaired) electrons. The molecule has 0 spiro atoms. The number of amides is 3. The van der Waals surface area contributed by atoms with Gasteiger partial charge in [-0.2, -0.15) is 0 Å². The van der Waals surface area contributed by atoms with Gasteiger partial charge in [0.1, 0.15) is 6.04 Å². The zero-order valence-corrected chi connectivity index (χ0v) is 6.50. The van der Waals surface area contributed by atoms with Gasteiger partial charge in [-0.3, -0.25) is 19.7 Å². The van der Waals surface area contributed by atoms with Crippen LogP contribution in [-0.2, 0) is 14.4 Å². The first-order valence-corrected chi connectivity index (χ1v) is 3.77. The van der Waals surface area contributed by atoms with Crippen LogP contribution in [0.1, 0.15) is 19.3 Å². The Morgan fingerprint density at radius 2 is 2.25 bits per heavy atom. The molecule has 12 heavy (non-hydrogen) atoms. The maximum atomic E-state index is 11.1. The molecule has 1 rings (SSSR count). The van der Waals surface area contributed by atoms with Crippen molar-refractivity contribution in [3.05, 3.63) is 0 Å². The quantitative estimate of drug-likeness (QED) is 0.409. The van der Waals surface area contributed by atoms with Crippen LogP contribution in [0.3, 0.4) is 0 Å². The number of hydrogen-bond donors (Lipinski definition) is 2. The molecule has 1 atom stereocenters. The molecular formula is C7H10N2O3. The van der Waals surface area contributed by atoms with E-state index in [1.54, 1.807) is 0 Å². The van der Waals surface area contributed by atoms with Gasteiger partial charge in [-0.1, -0.05) is 0 Å². The zero-order valence-electron chi connectivity index (χ0n) is 6.50. The lowest BCUT2D eigenvalue weighted by atomic mass is 10.1. The molecule has 0 aromatic heterocycles. The molecule has 5 nitrogen and oxygen atoms in total. The molecule has 0 bridgehead atoms. The summed E-state index contributed by atoms with van der Waals surface area (Å²) in [7, 11) is 0. The van der Waals surface area contributed by atoms with E-state index in [1.165, 1.54) is 0 Å². The summed E-state index contributed by atoms with van der Waals surface area (Å²) in [5.74, 6) is -0.681. The van der Waals surface area contributed by atoms with Gasteiger partial charge in [0.05, 0.1) is 0 Å². The van der Waals surface area contributed by atoms with Crippen LogP contribution in [0.4, 0.5) is 0 Å². The van der Waals surface area contributed by atoms with Gasteiger partial charge in [-0.05, 0) is 12.8 Å². The van der Waals surface area contributed by atoms with Crippen molar-refractivity contribution in [3.63, 3.8) is 0 Å². The average Bonchev–Trinajstić information content (AvgIpc) is 2.15. The summed E-state index contributed by atoms with van der Waals surface area (Å²) < 4.78 is 0. The molecule has 1 aliphatic heterocycles. The van der Waals surface area contributed by atoms with Gasteiger partial charge in [-0.25, -0.2) is 0 Å². The van der Waals surface area contributed by atoms with Crippen molar-refractivity contribution in [2.24, 2.45) is 0 Å². The third kappa shape index (κ3) is 2.05. The standard InChI is InChI=1S/C7H10N2O3/c10-4-8-5-2-1-3-6(11)9-7(5)12/h4-5H,1-3H2,(H,8,10)(H,9,11,12). The van der Waals surface area contributed by atoms with E-state index < -0.39 is 11.9 Å². The summed E-state index contributed by atoms with van der Waals surface area (Å²) in [6, 6.07) is -0.547. The fourth-order valence-corrected chi connectivity index (χ4v) is 1.13. The van der Waals surface area contributed by atoms with E-state index in [0.29, 0.717) is 25.7 Å². The van der Waals surface area contributed by atoms with Crippen molar-refractivity contribution < 1.29 is 14.4 Å². The number of imide groups is 1. The summed E-state index contributed by atoms with van der Waals surface area (Å²) in [5.41, 5.74) is 0. The first-order valence-electron chi connectivity index (χ1n) is 3.77. The number of carbonyl (C=O) groups excluding carboxylic acids is 3. The van der Waals surface area contributed by atoms with Crippen molar-refractivity contribution in [3.8, 4) is 0 Å². The van der Waals surface area contributed by atoms with E-state index in [-0.39, 0.29) is 5.91 Å². The second-order valence-electron chi connectivity index (χ2n) is 2.64. The smallest absolute Gasteiger partial charge is 0.249 e. The fourth-order valence-electron chi connectivity index (χ4n) is 1.13. The first-order chi connectivity index (χ1) is 5.74. The van der Waals surface area contributed by atoms with Crippen molar-refractivity contribution >= 4 is 18.2 Å². The molecule has 5 heteroatoms. The largest absolute Gasteiger partial charge is 0.347 e. The highest BCUT2D eigenvalue weighted by atomic mass is 16.2. The average molecular weight is 170 g/mol. The Labute approximate surface area is 69.5 Å². The molecule has 1 fully saturated rings. The van der Waals surface area contributed by atoms with Gasteiger partial charge >= 0.3 is 0 Å². The highest BCUT2D eigenvalue weighted by Gasteiger charge is 2.22. The lowest BCUT2D eigenvalue weighted by Crippen LogP contribution is -2.43. The van der Waals surface area contributed by atoms with Crippen LogP contribution in [0.2, 0.25) is 0 Å². The molecule has 1 saturated heterocycles. The van der Waals surface area contributed by atoms with E-state index in [1.807, 2.05) is 0 Å². The van der Waals surface area contributed by atoms with Crippen molar-refractivity contribution in [2.75, 3.05) is 0 Å². The van der Waals surface area contributed by atoms with Crippen LogP contribution in [-0.4, -0.2) is 24.3 Å². The maximum Gasteiger partial charge on any atom is 0.249 e. The number of nitrogens with one attached hydrogen (secondary N) is 2. The van der Waals surface area contributed by atoms with Crippen LogP contribution in [0, 0.1) is 0 Å². The predicted octanol–water partition coefficient (Wildman–Crippen LogP) is -1.07. The third-order valence-electron chi connectivity index (χ3n) is 1.74. The predicted molar refractivity (Wildman–Crippen MR) is 40.0 cm³/mol. The maximum absolute atomic E-state index is 11.1. The number of hydrogen-bond acceptors (Lipinski definition) is 3. The van der Waals surface area contributed by atoms with Crippen molar-refractivity contribution in [1.82, 2.24) is 10.6 Å². The summed E-state index contributed by atoms with van der Waals surface area (Å²) in [6.07, 6.45) is 1.97. The minimum Gasteiger partial charge on any atom is -0.347 e. The van der Waals surface area contributed by atoms with Gasteiger partial charge in [0.25, 0.3) is 0 Å². The minimum atomic E-state index is -0.547. The Kier molecular flexibility index (Phi) is 2.79. The summed E-state index contributed by atoms with van der Waals surface area (Å²) >= 11 is 0. The van der Waals surface area contributed by atoms with E-state index in [4.69, 9.17) is 0 Å². The van der Waals surface area contributed by atoms with Crippen LogP contribution in [0.5, 0.6) is 0 Å². The van der Waals surface area contributed by atoms with E-state index in [0.717, 1.165) is 0 Å². The first kappa shape index (κ1) is 8.70. The second-order valence-corrected chi connectivity index (χ2v) is 2.64. The van der Waals surface area contributed by atoms with E-state index >= 15 is 0 Å². The number of carbonyl (C=O) groups is 3. The summed E-state index contributed by atoms with van der Waals surface area (Å²) in [4.78, 5) is 31.9. The number of rotatable bonds is 2. The zero-order chi connectivity index (χ0) is 8.97. The Bertz CT molecular complexity index is 215. The molecule has 0 aliphatic carbocycles. The Hall–Kier alpha value is -1.39. The van der Waals surface area contributed by atoms with Crippen LogP contribution < -0.4 is 10.6 Å². The molecule has 1 heterocycles. The lowest BCUT2D eigenvalue weighted by Gasteiger charge is -2.09. The molecule has 1 unspecified atom stereocenters. The van der Waals surface area contributed by atoms with Crippen LogP contribution in [0.25, 0.3) is 0 Å². The molecule has 0 aromatic carbocycles. The van der Waals surface area contributed by atoms with E-state index in [9.17, 15) is 14.4 Å². The van der Waals surface area contributed by atoms with Crippen LogP contribution >= 0.6 is 0 Å². The molecule has 3 amide bonds. The van der Waals surface area contributed by atoms with Gasteiger partial charge in [-0.15, -0.1) is 0 Å². The van der Waals surface area contributed by atoms with Gasteiger partial charge < -0.3 is 5.32 Å². The van der Waals surface area contributed by atoms with Crippen LogP contribution in [0.15, 0.2) is 0 Å². The SMILES string of the molecule is O=CNC1CCCC(=O)NC1=O. The minimum absolute atomic E-state index is 0.268.